The van der Waals surface area contributed by atoms with Crippen molar-refractivity contribution in [1.82, 2.24) is 9.55 Å². The number of aryl methyl sites for hydroxylation is 1. The van der Waals surface area contributed by atoms with E-state index in [1.165, 1.54) is 0 Å². The van der Waals surface area contributed by atoms with E-state index in [-0.39, 0.29) is 12.6 Å². The highest BCUT2D eigenvalue weighted by atomic mass is 16.4. The zero-order chi connectivity index (χ0) is 11.8. The van der Waals surface area contributed by atoms with Gasteiger partial charge < -0.3 is 21.1 Å². The standard InChI is InChI=1S/C7H13N3.C2H5NO2/c1-3-6(8)7-9-4-5-10(7)2;3-1-2(4)5/h4-6H,3,8H2,1-2H3;1,3H2,(H,4,5). The predicted octanol–water partition coefficient (Wildman–Crippen LogP) is -0.140. The molecule has 0 aliphatic carbocycles. The molecule has 0 radical (unpaired) electrons. The second kappa shape index (κ2) is 6.97. The van der Waals surface area contributed by atoms with Gasteiger partial charge in [0.2, 0.25) is 0 Å². The molecule has 0 spiro atoms. The third-order valence-corrected chi connectivity index (χ3v) is 1.80. The maximum atomic E-state index is 9.24. The Morgan fingerprint density at radius 3 is 2.53 bits per heavy atom. The summed E-state index contributed by atoms with van der Waals surface area (Å²) in [5, 5.41) is 7.60. The average Bonchev–Trinajstić information content (AvgIpc) is 2.64. The molecule has 0 bridgehead atoms. The fourth-order valence-electron chi connectivity index (χ4n) is 0.917. The van der Waals surface area contributed by atoms with Gasteiger partial charge in [0.05, 0.1) is 12.6 Å². The Hall–Kier alpha value is -1.40. The number of carboxylic acid groups (broad SMARTS) is 1. The molecule has 0 aromatic carbocycles. The van der Waals surface area contributed by atoms with Crippen molar-refractivity contribution in [3.05, 3.63) is 18.2 Å². The Morgan fingerprint density at radius 2 is 2.27 bits per heavy atom. The molecule has 86 valence electrons. The van der Waals surface area contributed by atoms with Gasteiger partial charge in [-0.2, -0.15) is 0 Å². The maximum absolute atomic E-state index is 9.24. The molecule has 1 rings (SSSR count). The van der Waals surface area contributed by atoms with Crippen molar-refractivity contribution in [3.63, 3.8) is 0 Å². The molecule has 6 heteroatoms. The summed E-state index contributed by atoms with van der Waals surface area (Å²) in [7, 11) is 1.96. The van der Waals surface area contributed by atoms with Crippen LogP contribution in [0.1, 0.15) is 25.2 Å². The fourth-order valence-corrected chi connectivity index (χ4v) is 0.917. The van der Waals surface area contributed by atoms with Gasteiger partial charge in [0.25, 0.3) is 0 Å². The van der Waals surface area contributed by atoms with Crippen LogP contribution in [-0.2, 0) is 11.8 Å². The monoisotopic (exact) mass is 214 g/mol. The highest BCUT2D eigenvalue weighted by molar-refractivity contribution is 5.68. The normalized spacial score (nSPS) is 11.5. The zero-order valence-corrected chi connectivity index (χ0v) is 9.05. The van der Waals surface area contributed by atoms with Gasteiger partial charge >= 0.3 is 5.97 Å². The van der Waals surface area contributed by atoms with E-state index in [9.17, 15) is 4.79 Å². The molecule has 0 saturated heterocycles. The molecule has 15 heavy (non-hydrogen) atoms. The average molecular weight is 214 g/mol. The first-order valence-electron chi connectivity index (χ1n) is 4.67. The Morgan fingerprint density at radius 1 is 1.73 bits per heavy atom. The van der Waals surface area contributed by atoms with Crippen molar-refractivity contribution in [2.45, 2.75) is 19.4 Å². The van der Waals surface area contributed by atoms with Crippen molar-refractivity contribution < 1.29 is 9.90 Å². The van der Waals surface area contributed by atoms with E-state index in [2.05, 4.69) is 17.6 Å². The van der Waals surface area contributed by atoms with Gasteiger partial charge in [-0.15, -0.1) is 0 Å². The molecule has 1 aromatic rings. The number of aromatic nitrogens is 2. The van der Waals surface area contributed by atoms with Crippen LogP contribution in [0.2, 0.25) is 0 Å². The first-order valence-corrected chi connectivity index (χ1v) is 4.67. The number of hydrogen-bond donors (Lipinski definition) is 3. The molecule has 6 nitrogen and oxygen atoms in total. The van der Waals surface area contributed by atoms with E-state index < -0.39 is 5.97 Å². The number of hydrogen-bond acceptors (Lipinski definition) is 4. The van der Waals surface area contributed by atoms with Gasteiger partial charge in [-0.05, 0) is 6.42 Å². The third-order valence-electron chi connectivity index (χ3n) is 1.80. The molecule has 0 amide bonds. The number of nitrogens with two attached hydrogens (primary N) is 2. The summed E-state index contributed by atoms with van der Waals surface area (Å²) in [6, 6.07) is 0.0833. The third kappa shape index (κ3) is 5.14. The highest BCUT2D eigenvalue weighted by Gasteiger charge is 2.06. The smallest absolute Gasteiger partial charge is 0.317 e. The van der Waals surface area contributed by atoms with Crippen LogP contribution in [0.5, 0.6) is 0 Å². The molecule has 5 N–H and O–H groups in total. The predicted molar refractivity (Wildman–Crippen MR) is 57.1 cm³/mol. The minimum absolute atomic E-state index is 0.0833. The summed E-state index contributed by atoms with van der Waals surface area (Å²) < 4.78 is 1.95. The molecular formula is C9H18N4O2. The van der Waals surface area contributed by atoms with Crippen LogP contribution in [0.15, 0.2) is 12.4 Å². The lowest BCUT2D eigenvalue weighted by atomic mass is 10.2. The van der Waals surface area contributed by atoms with Crippen LogP contribution in [0.3, 0.4) is 0 Å². The van der Waals surface area contributed by atoms with Gasteiger partial charge in [-0.25, -0.2) is 4.98 Å². The maximum Gasteiger partial charge on any atom is 0.317 e. The molecule has 1 unspecified atom stereocenters. The second-order valence-corrected chi connectivity index (χ2v) is 3.01. The van der Waals surface area contributed by atoms with E-state index in [1.807, 2.05) is 17.8 Å². The fraction of sp³-hybridized carbons (Fsp3) is 0.556. The summed E-state index contributed by atoms with van der Waals surface area (Å²) in [6.45, 7) is 1.78. The second-order valence-electron chi connectivity index (χ2n) is 3.01. The lowest BCUT2D eigenvalue weighted by molar-refractivity contribution is -0.135. The quantitative estimate of drug-likeness (QED) is 0.649. The Kier molecular flexibility index (Phi) is 6.32. The topological polar surface area (TPSA) is 107 Å². The van der Waals surface area contributed by atoms with E-state index >= 15 is 0 Å². The van der Waals surface area contributed by atoms with Crippen molar-refractivity contribution in [3.8, 4) is 0 Å². The molecule has 0 saturated carbocycles. The summed E-state index contributed by atoms with van der Waals surface area (Å²) in [5.74, 6) is -0.00694. The summed E-state index contributed by atoms with van der Waals surface area (Å²) in [4.78, 5) is 13.4. The largest absolute Gasteiger partial charge is 0.480 e. The van der Waals surface area contributed by atoms with Crippen molar-refractivity contribution in [2.24, 2.45) is 18.5 Å². The molecule has 0 aliphatic rings. The summed E-state index contributed by atoms with van der Waals surface area (Å²) in [5.41, 5.74) is 10.3. The van der Waals surface area contributed by atoms with Crippen LogP contribution < -0.4 is 11.5 Å². The Balaban J connectivity index is 0.000000336. The number of carbonyl (C=O) groups is 1. The minimum Gasteiger partial charge on any atom is -0.480 e. The molecule has 1 aromatic heterocycles. The first kappa shape index (κ1) is 13.6. The van der Waals surface area contributed by atoms with Gasteiger partial charge in [0, 0.05) is 19.4 Å². The molecule has 0 fully saturated rings. The highest BCUT2D eigenvalue weighted by Crippen LogP contribution is 2.08. The molecule has 1 atom stereocenters. The van der Waals surface area contributed by atoms with Crippen molar-refractivity contribution >= 4 is 5.97 Å². The number of imidazole rings is 1. The number of carboxylic acids is 1. The number of rotatable bonds is 3. The van der Waals surface area contributed by atoms with Crippen LogP contribution in [0, 0.1) is 0 Å². The van der Waals surface area contributed by atoms with E-state index in [1.54, 1.807) is 6.20 Å². The summed E-state index contributed by atoms with van der Waals surface area (Å²) in [6.07, 6.45) is 4.61. The van der Waals surface area contributed by atoms with Gasteiger partial charge in [-0.3, -0.25) is 4.79 Å². The number of nitrogens with zero attached hydrogens (tertiary/aromatic N) is 2. The molecule has 0 aliphatic heterocycles. The van der Waals surface area contributed by atoms with Crippen LogP contribution in [0.4, 0.5) is 0 Å². The molecule has 1 heterocycles. The lowest BCUT2D eigenvalue weighted by Gasteiger charge is -2.07. The van der Waals surface area contributed by atoms with E-state index in [0.29, 0.717) is 0 Å². The summed E-state index contributed by atoms with van der Waals surface area (Å²) >= 11 is 0. The SMILES string of the molecule is CCC(N)c1nccn1C.NCC(=O)O. The van der Waals surface area contributed by atoms with Gasteiger partial charge in [0.15, 0.2) is 0 Å². The van der Waals surface area contributed by atoms with Gasteiger partial charge in [0.1, 0.15) is 5.82 Å². The van der Waals surface area contributed by atoms with E-state index in [4.69, 9.17) is 10.8 Å². The first-order chi connectivity index (χ1) is 7.02. The van der Waals surface area contributed by atoms with Crippen molar-refractivity contribution in [2.75, 3.05) is 6.54 Å². The zero-order valence-electron chi connectivity index (χ0n) is 9.05. The number of aliphatic carboxylic acids is 1. The molecular weight excluding hydrogens is 196 g/mol. The van der Waals surface area contributed by atoms with Gasteiger partial charge in [-0.1, -0.05) is 6.92 Å². The Bertz CT molecular complexity index is 298. The van der Waals surface area contributed by atoms with Crippen molar-refractivity contribution in [1.29, 1.82) is 0 Å². The Labute approximate surface area is 88.9 Å². The van der Waals surface area contributed by atoms with E-state index in [0.717, 1.165) is 12.2 Å². The minimum atomic E-state index is -0.968. The van der Waals surface area contributed by atoms with Crippen LogP contribution in [0.25, 0.3) is 0 Å². The van der Waals surface area contributed by atoms with Crippen LogP contribution >= 0.6 is 0 Å². The lowest BCUT2D eigenvalue weighted by Crippen LogP contribution is -2.13. The van der Waals surface area contributed by atoms with Crippen LogP contribution in [-0.4, -0.2) is 27.2 Å².